The van der Waals surface area contributed by atoms with Gasteiger partial charge in [-0.25, -0.2) is 14.5 Å². The summed E-state index contributed by atoms with van der Waals surface area (Å²) in [5, 5.41) is 40.9. The summed E-state index contributed by atoms with van der Waals surface area (Å²) in [6, 6.07) is 51.8. The van der Waals surface area contributed by atoms with Crippen LogP contribution in [-0.2, 0) is 11.3 Å². The molecule has 1 unspecified atom stereocenters. The predicted octanol–water partition coefficient (Wildman–Crippen LogP) is 9.58. The number of ether oxygens (including phenoxy) is 1. The summed E-state index contributed by atoms with van der Waals surface area (Å²) < 4.78 is 7.24. The largest absolute Gasteiger partial charge is 0.387 e. The molecule has 0 amide bonds. The molecule has 7 heterocycles. The van der Waals surface area contributed by atoms with Crippen molar-refractivity contribution in [2.45, 2.75) is 37.3 Å². The minimum Gasteiger partial charge on any atom is -0.387 e. The Morgan fingerprint density at radius 2 is 0.925 bits per heavy atom. The molecule has 10 heteroatoms. The Kier molecular flexibility index (Phi) is 11.2. The summed E-state index contributed by atoms with van der Waals surface area (Å²) in [7, 11) is 0. The van der Waals surface area contributed by atoms with Gasteiger partial charge < -0.3 is 35.1 Å². The van der Waals surface area contributed by atoms with E-state index in [1.165, 1.54) is 0 Å². The lowest BCUT2D eigenvalue weighted by Gasteiger charge is -2.36. The van der Waals surface area contributed by atoms with Gasteiger partial charge in [0.15, 0.2) is 25.2 Å². The SMILES string of the molecule is OC1O[C@H](C[n+]2ccc(C=Cc3cc4[nH]c3c(-c3ccccc3)c3nc(c(-c5ccccc5)c5ccc([nH]5)c(-c5ccccc5)c5nc(c4-c4ccccc4)C=C5)C=C3)cc2)[C@H](O)[C@H](O)[C@H]1O. The highest BCUT2D eigenvalue weighted by atomic mass is 16.6. The van der Waals surface area contributed by atoms with Crippen LogP contribution in [-0.4, -0.2) is 71.1 Å². The Morgan fingerprint density at radius 1 is 0.478 bits per heavy atom. The molecule has 0 radical (unpaired) electrons. The second-order valence-electron chi connectivity index (χ2n) is 16.9. The highest BCUT2D eigenvalue weighted by Gasteiger charge is 2.44. The molecule has 3 aliphatic rings. The third kappa shape index (κ3) is 8.14. The van der Waals surface area contributed by atoms with E-state index in [0.29, 0.717) is 0 Å². The maximum Gasteiger partial charge on any atom is 0.184 e. The number of nitrogens with zero attached hydrogens (tertiary/aromatic N) is 3. The Labute approximate surface area is 386 Å². The summed E-state index contributed by atoms with van der Waals surface area (Å²) in [4.78, 5) is 18.7. The monoisotopic (exact) mass is 880 g/mol. The number of aromatic amines is 2. The van der Waals surface area contributed by atoms with Crippen LogP contribution in [0.2, 0.25) is 0 Å². The second kappa shape index (κ2) is 17.9. The topological polar surface area (TPSA) is 151 Å². The van der Waals surface area contributed by atoms with Crippen LogP contribution in [0, 0.1) is 0 Å². The van der Waals surface area contributed by atoms with Crippen molar-refractivity contribution in [2.24, 2.45) is 0 Å². The third-order valence-corrected chi connectivity index (χ3v) is 12.6. The van der Waals surface area contributed by atoms with Crippen LogP contribution in [0.25, 0.3) is 103 Å². The first-order valence-electron chi connectivity index (χ1n) is 22.3. The lowest BCUT2D eigenvalue weighted by atomic mass is 9.99. The van der Waals surface area contributed by atoms with Gasteiger partial charge >= 0.3 is 0 Å². The number of H-pyrrole nitrogens is 2. The predicted molar refractivity (Wildman–Crippen MR) is 265 cm³/mol. The molecule has 8 aromatic rings. The van der Waals surface area contributed by atoms with Gasteiger partial charge in [-0.1, -0.05) is 133 Å². The van der Waals surface area contributed by atoms with Crippen LogP contribution in [0.4, 0.5) is 0 Å². The molecule has 1 saturated heterocycles. The molecule has 4 aromatic carbocycles. The van der Waals surface area contributed by atoms with Crippen molar-refractivity contribution in [1.82, 2.24) is 19.9 Å². The molecule has 5 atom stereocenters. The van der Waals surface area contributed by atoms with Crippen LogP contribution < -0.4 is 4.57 Å². The first kappa shape index (κ1) is 41.8. The molecule has 6 N–H and O–H groups in total. The molecular weight excluding hydrogens is 835 g/mol. The Bertz CT molecular complexity index is 3370. The average Bonchev–Trinajstić information content (AvgIpc) is 4.22. The maximum atomic E-state index is 10.6. The van der Waals surface area contributed by atoms with Crippen LogP contribution in [0.5, 0.6) is 0 Å². The van der Waals surface area contributed by atoms with Gasteiger partial charge in [0.25, 0.3) is 0 Å². The molecule has 11 rings (SSSR count). The summed E-state index contributed by atoms with van der Waals surface area (Å²) >= 11 is 0. The molecule has 0 saturated carbocycles. The number of hydrogen-bond donors (Lipinski definition) is 6. The van der Waals surface area contributed by atoms with E-state index in [1.807, 2.05) is 73.1 Å². The van der Waals surface area contributed by atoms with E-state index in [4.69, 9.17) is 14.7 Å². The van der Waals surface area contributed by atoms with Crippen molar-refractivity contribution in [1.29, 1.82) is 0 Å². The van der Waals surface area contributed by atoms with Crippen LogP contribution in [0.3, 0.4) is 0 Å². The van der Waals surface area contributed by atoms with E-state index in [9.17, 15) is 20.4 Å². The zero-order valence-electron chi connectivity index (χ0n) is 36.2. The van der Waals surface area contributed by atoms with Gasteiger partial charge in [-0.15, -0.1) is 0 Å². The molecule has 0 aliphatic carbocycles. The van der Waals surface area contributed by atoms with Gasteiger partial charge in [0.1, 0.15) is 24.4 Å². The highest BCUT2D eigenvalue weighted by Crippen LogP contribution is 2.39. The molecule has 0 spiro atoms. The lowest BCUT2D eigenvalue weighted by Crippen LogP contribution is -2.60. The van der Waals surface area contributed by atoms with Gasteiger partial charge in [0.2, 0.25) is 0 Å². The van der Waals surface area contributed by atoms with Crippen LogP contribution >= 0.6 is 0 Å². The first-order chi connectivity index (χ1) is 32.9. The number of rotatable bonds is 8. The molecule has 8 bridgehead atoms. The second-order valence-corrected chi connectivity index (χ2v) is 16.9. The third-order valence-electron chi connectivity index (χ3n) is 12.6. The fourth-order valence-electron chi connectivity index (χ4n) is 9.25. The Balaban J connectivity index is 1.17. The van der Waals surface area contributed by atoms with E-state index < -0.39 is 30.7 Å². The van der Waals surface area contributed by atoms with Gasteiger partial charge in [0.05, 0.1) is 28.3 Å². The van der Waals surface area contributed by atoms with Gasteiger partial charge in [-0.3, -0.25) is 0 Å². The summed E-state index contributed by atoms with van der Waals surface area (Å²) in [6.07, 6.45) is 9.25. The zero-order valence-corrected chi connectivity index (χ0v) is 36.2. The standard InChI is InChI=1S/C57H45N5O5/c63-54-48(67-57(66)56(65)55(54)64)34-62-31-29-35(30-32-62)21-22-40-33-47-51(38-17-9-3-10-18-38)45-26-25-43(59-45)49(36-13-5-1-6-14-36)41-23-24-42(58-41)50(37-15-7-2-8-16-37)44-27-28-46(60-44)52(53(40)61-47)39-19-11-4-12-20-39/h1-33,48,54-57,63-66H,34H2,(H,58,59,60,61)/p+1/t48-,54+,55+,56-,57?/m1/s1. The van der Waals surface area contributed by atoms with E-state index in [1.54, 1.807) is 4.57 Å². The Hall–Kier alpha value is -7.83. The quantitative estimate of drug-likeness (QED) is 0.0833. The molecule has 10 nitrogen and oxygen atoms in total. The molecule has 1 fully saturated rings. The maximum absolute atomic E-state index is 10.6. The smallest absolute Gasteiger partial charge is 0.184 e. The number of benzene rings is 4. The van der Waals surface area contributed by atoms with Crippen molar-refractivity contribution < 1.29 is 29.7 Å². The molecule has 328 valence electrons. The first-order valence-corrected chi connectivity index (χ1v) is 22.3. The van der Waals surface area contributed by atoms with E-state index in [-0.39, 0.29) is 6.54 Å². The van der Waals surface area contributed by atoms with Crippen LogP contribution in [0.15, 0.2) is 164 Å². The summed E-state index contributed by atoms with van der Waals surface area (Å²) in [5.41, 5.74) is 16.7. The molecule has 4 aromatic heterocycles. The lowest BCUT2D eigenvalue weighted by molar-refractivity contribution is -0.707. The van der Waals surface area contributed by atoms with E-state index in [2.05, 4.69) is 137 Å². The normalized spacial score (nSPS) is 19.0. The average molecular weight is 881 g/mol. The van der Waals surface area contributed by atoms with Gasteiger partial charge in [-0.05, 0) is 70.3 Å². The summed E-state index contributed by atoms with van der Waals surface area (Å²) in [5.74, 6) is 0. The van der Waals surface area contributed by atoms with E-state index in [0.717, 1.165) is 100 Å². The number of hydrogen-bond acceptors (Lipinski definition) is 7. The van der Waals surface area contributed by atoms with Crippen molar-refractivity contribution in [3.63, 3.8) is 0 Å². The zero-order chi connectivity index (χ0) is 45.4. The van der Waals surface area contributed by atoms with Crippen molar-refractivity contribution in [3.8, 4) is 44.5 Å². The van der Waals surface area contributed by atoms with Crippen LogP contribution in [0.1, 0.15) is 33.9 Å². The minimum atomic E-state index is -1.60. The van der Waals surface area contributed by atoms with E-state index >= 15 is 0 Å². The fourth-order valence-corrected chi connectivity index (χ4v) is 9.25. The number of aliphatic hydroxyl groups excluding tert-OH is 4. The number of aromatic nitrogens is 5. The molecule has 67 heavy (non-hydrogen) atoms. The molecule has 3 aliphatic heterocycles. The number of aliphatic hydroxyl groups is 4. The van der Waals surface area contributed by atoms with Gasteiger partial charge in [0, 0.05) is 56.5 Å². The minimum absolute atomic E-state index is 0.149. The Morgan fingerprint density at radius 3 is 1.42 bits per heavy atom. The van der Waals surface area contributed by atoms with Crippen molar-refractivity contribution >= 4 is 58.5 Å². The fraction of sp³-hybridized carbons (Fsp3) is 0.105. The number of nitrogens with one attached hydrogen (secondary N) is 2. The van der Waals surface area contributed by atoms with Crippen molar-refractivity contribution in [2.75, 3.05) is 0 Å². The number of pyridine rings is 1. The number of fused-ring (bicyclic) bond motifs is 8. The molecular formula is C57H46N5O5+. The highest BCUT2D eigenvalue weighted by molar-refractivity contribution is 6.02. The van der Waals surface area contributed by atoms with Crippen molar-refractivity contribution in [3.05, 3.63) is 198 Å². The summed E-state index contributed by atoms with van der Waals surface area (Å²) in [6.45, 7) is 0.149. The van der Waals surface area contributed by atoms with Gasteiger partial charge in [-0.2, -0.15) is 0 Å².